The minimum atomic E-state index is -6.10. The van der Waals surface area contributed by atoms with Crippen LogP contribution >= 0.6 is 23.5 Å². The summed E-state index contributed by atoms with van der Waals surface area (Å²) in [5, 5.41) is 56.9. The van der Waals surface area contributed by atoms with Crippen molar-refractivity contribution in [3.8, 4) is 0 Å². The lowest BCUT2D eigenvalue weighted by Gasteiger charge is -2.30. The van der Waals surface area contributed by atoms with Gasteiger partial charge in [0.1, 0.15) is 42.7 Å². The Hall–Kier alpha value is -5.44. The van der Waals surface area contributed by atoms with Gasteiger partial charge in [0.15, 0.2) is 23.7 Å². The maximum Gasteiger partial charge on any atom is 0.490 e. The molecule has 0 bridgehead atoms. The van der Waals surface area contributed by atoms with Gasteiger partial charge in [-0.1, -0.05) is 37.9 Å². The maximum absolute atomic E-state index is 13.2. The number of nitrogens with zero attached hydrogens (tertiary/aromatic N) is 7. The number of aryl methyl sites for hydroxylation is 1. The van der Waals surface area contributed by atoms with Gasteiger partial charge >= 0.3 is 35.2 Å². The number of rotatable bonds is 16. The molecule has 2 fully saturated rings. The van der Waals surface area contributed by atoms with E-state index in [1.165, 1.54) is 42.2 Å². The molecular formula is C33H43N11O22P3+. The summed E-state index contributed by atoms with van der Waals surface area (Å²) in [6.45, 7) is 2.67. The molecule has 1 amide bonds. The average molecular weight is 1040 g/mol. The number of aromatic nitrogens is 8. The SMILES string of the molecule is Cn1c[n+]([C@@H]2O[C@H](COP(=O)(O)OP(=O)(O)OP(=O)(O)OC[C@H]3O[C@@H](n4cnc5c(=O)[nH]c(N)nc54)C(O)[C@H]3O)C(O)[C@@H]2O)c2nc(NC(=O)OC(c3ccccc3[N+](=O)[O-])C(C)(C)C)[nH]c(=O)c21. The van der Waals surface area contributed by atoms with Crippen molar-refractivity contribution in [3.63, 3.8) is 0 Å². The Morgan fingerprint density at radius 3 is 2.17 bits per heavy atom. The number of nitrogen functional groups attached to an aromatic ring is 1. The molecule has 2 aliphatic heterocycles. The van der Waals surface area contributed by atoms with Crippen LogP contribution in [-0.4, -0.2) is 130 Å². The number of ether oxygens (including phenoxy) is 3. The van der Waals surface area contributed by atoms with Crippen molar-refractivity contribution >= 4 is 69.5 Å². The number of phosphoric ester groups is 2. The molecule has 2 saturated heterocycles. The summed E-state index contributed by atoms with van der Waals surface area (Å²) in [6.07, 6.45) is -14.3. The third-order valence-electron chi connectivity index (χ3n) is 10.3. The quantitative estimate of drug-likeness (QED) is 0.0247. The summed E-state index contributed by atoms with van der Waals surface area (Å²) >= 11 is 0. The number of carbonyl (C=O) groups is 1. The first-order chi connectivity index (χ1) is 32.1. The van der Waals surface area contributed by atoms with E-state index in [9.17, 15) is 73.3 Å². The van der Waals surface area contributed by atoms with Crippen LogP contribution in [-0.2, 0) is 52.6 Å². The number of anilines is 2. The number of aromatic amines is 2. The van der Waals surface area contributed by atoms with E-state index in [0.717, 1.165) is 15.5 Å². The normalized spacial score (nSPS) is 26.1. The minimum absolute atomic E-state index is 0.0795. The molecule has 7 rings (SSSR count). The number of phosphoric acid groups is 3. The highest BCUT2D eigenvalue weighted by Gasteiger charge is 2.50. The largest absolute Gasteiger partial charge is 0.490 e. The molecule has 4 aromatic heterocycles. The van der Waals surface area contributed by atoms with E-state index in [1.54, 1.807) is 20.8 Å². The van der Waals surface area contributed by atoms with Crippen LogP contribution in [0.4, 0.5) is 22.4 Å². The van der Waals surface area contributed by atoms with Gasteiger partial charge < -0.3 is 55.1 Å². The molecule has 12 N–H and O–H groups in total. The van der Waals surface area contributed by atoms with E-state index in [1.807, 2.05) is 0 Å². The Labute approximate surface area is 383 Å². The molecule has 0 aliphatic carbocycles. The molecule has 69 heavy (non-hydrogen) atoms. The first kappa shape index (κ1) is 51.4. The lowest BCUT2D eigenvalue weighted by molar-refractivity contribution is -0.745. The summed E-state index contributed by atoms with van der Waals surface area (Å²) in [5.41, 5.74) is 2.01. The number of aliphatic hydroxyl groups is 4. The number of nitro groups is 1. The van der Waals surface area contributed by atoms with E-state index >= 15 is 0 Å². The van der Waals surface area contributed by atoms with Crippen molar-refractivity contribution in [2.24, 2.45) is 12.5 Å². The number of nitrogens with two attached hydrogens (primary N) is 1. The van der Waals surface area contributed by atoms with Gasteiger partial charge in [0.05, 0.1) is 37.1 Å². The third-order valence-corrected chi connectivity index (χ3v) is 14.6. The predicted octanol–water partition coefficient (Wildman–Crippen LogP) is -0.885. The zero-order chi connectivity index (χ0) is 50.7. The highest BCUT2D eigenvalue weighted by Crippen LogP contribution is 2.68. The van der Waals surface area contributed by atoms with Crippen molar-refractivity contribution in [2.45, 2.75) is 76.0 Å². The van der Waals surface area contributed by atoms with Gasteiger partial charge in [0, 0.05) is 11.5 Å². The number of benzene rings is 1. The number of H-pyrrole nitrogens is 2. The lowest BCUT2D eigenvalue weighted by atomic mass is 9.84. The average Bonchev–Trinajstić information content (AvgIpc) is 3.96. The van der Waals surface area contributed by atoms with Gasteiger partial charge in [-0.25, -0.2) is 33.4 Å². The summed E-state index contributed by atoms with van der Waals surface area (Å²) in [7, 11) is -16.3. The Morgan fingerprint density at radius 2 is 1.55 bits per heavy atom. The number of carbonyl (C=O) groups excluding carboxylic acids is 1. The Balaban J connectivity index is 0.970. The second-order valence-electron chi connectivity index (χ2n) is 16.3. The zero-order valence-corrected chi connectivity index (χ0v) is 38.6. The second kappa shape index (κ2) is 19.0. The van der Waals surface area contributed by atoms with E-state index in [2.05, 4.69) is 47.9 Å². The third kappa shape index (κ3) is 11.0. The van der Waals surface area contributed by atoms with Crippen LogP contribution in [0.1, 0.15) is 44.9 Å². The lowest BCUT2D eigenvalue weighted by Crippen LogP contribution is -2.46. The Kier molecular flexibility index (Phi) is 14.2. The van der Waals surface area contributed by atoms with E-state index in [-0.39, 0.29) is 39.5 Å². The number of para-hydroxylation sites is 1. The van der Waals surface area contributed by atoms with E-state index < -0.39 is 125 Å². The summed E-state index contributed by atoms with van der Waals surface area (Å²) in [5.74, 6) is -0.838. The van der Waals surface area contributed by atoms with Gasteiger partial charge in [-0.3, -0.25) is 47.9 Å². The van der Waals surface area contributed by atoms with Crippen LogP contribution in [0, 0.1) is 15.5 Å². The van der Waals surface area contributed by atoms with Crippen molar-refractivity contribution in [1.29, 1.82) is 0 Å². The van der Waals surface area contributed by atoms with Crippen molar-refractivity contribution < 1.29 is 95.0 Å². The Morgan fingerprint density at radius 1 is 0.942 bits per heavy atom. The van der Waals surface area contributed by atoms with Crippen molar-refractivity contribution in [1.82, 2.24) is 34.1 Å². The summed E-state index contributed by atoms with van der Waals surface area (Å²) in [4.78, 5) is 96.7. The minimum Gasteiger partial charge on any atom is -0.440 e. The molecule has 0 spiro atoms. The number of amides is 1. The molecule has 6 heterocycles. The van der Waals surface area contributed by atoms with Crippen LogP contribution in [0.3, 0.4) is 0 Å². The molecule has 0 saturated carbocycles. The topological polar surface area (TPSA) is 474 Å². The van der Waals surface area contributed by atoms with Crippen LogP contribution in [0.2, 0.25) is 0 Å². The van der Waals surface area contributed by atoms with E-state index in [4.69, 9.17) is 19.9 Å². The van der Waals surface area contributed by atoms with Gasteiger partial charge in [-0.05, 0) is 6.07 Å². The smallest absolute Gasteiger partial charge is 0.440 e. The summed E-state index contributed by atoms with van der Waals surface area (Å²) < 4.78 is 75.5. The summed E-state index contributed by atoms with van der Waals surface area (Å²) in [6, 6.07) is 5.61. The number of nitro benzene ring substituents is 1. The van der Waals surface area contributed by atoms with Gasteiger partial charge in [-0.15, -0.1) is 0 Å². The van der Waals surface area contributed by atoms with Gasteiger partial charge in [0.25, 0.3) is 22.8 Å². The molecule has 1 aromatic carbocycles. The fraction of sp³-hybridized carbons (Fsp3) is 0.485. The van der Waals surface area contributed by atoms with Crippen LogP contribution < -0.4 is 26.7 Å². The fourth-order valence-corrected chi connectivity index (χ4v) is 10.8. The molecular weight excluding hydrogens is 995 g/mol. The highest BCUT2D eigenvalue weighted by atomic mass is 31.3. The van der Waals surface area contributed by atoms with Crippen molar-refractivity contribution in [3.05, 3.63) is 73.3 Å². The maximum atomic E-state index is 13.2. The standard InChI is InChI=1S/C33H42N11O22P3/c1-33(2,3)23(13-7-5-6-8-14(13)44(52)53)64-32(51)40-31-37-25-18(27(50)39-31)41(4)12-43(25)29-22(48)20(46)16(63-29)10-61-68(56,57)66-69(58,59)65-67(54,55)60-9-15-19(45)21(47)28(62-15)42-11-35-17-24(42)36-30(34)38-26(17)49/h5-8,11-12,15-16,19-23,28-29,45-48H,9-10H2,1-4H3,(H7-,34,36,37,38,39,40,49,50,51,54,55,56,57,58,59)/p+1/t15-,16-,19+,20?,21?,22+,23?,28-,29-/m1/s1. The van der Waals surface area contributed by atoms with Crippen LogP contribution in [0.15, 0.2) is 46.5 Å². The predicted molar refractivity (Wildman–Crippen MR) is 225 cm³/mol. The number of hydrogen-bond donors (Lipinski definition) is 11. The fourth-order valence-electron chi connectivity index (χ4n) is 7.29. The molecule has 12 atom stereocenters. The molecule has 33 nitrogen and oxygen atoms in total. The first-order valence-corrected chi connectivity index (χ1v) is 24.2. The molecule has 2 aliphatic rings. The number of fused-ring (bicyclic) bond motifs is 2. The highest BCUT2D eigenvalue weighted by molar-refractivity contribution is 7.66. The van der Waals surface area contributed by atoms with Gasteiger partial charge in [-0.2, -0.15) is 13.6 Å². The van der Waals surface area contributed by atoms with Gasteiger partial charge in [0.2, 0.25) is 17.7 Å². The number of hydrogen-bond acceptors (Lipinski definition) is 23. The molecule has 0 radical (unpaired) electrons. The first-order valence-electron chi connectivity index (χ1n) is 19.7. The second-order valence-corrected chi connectivity index (χ2v) is 21.0. The number of nitrogens with one attached hydrogen (secondary N) is 3. The van der Waals surface area contributed by atoms with Crippen LogP contribution in [0.25, 0.3) is 22.3 Å². The number of imidazole rings is 2. The van der Waals surface area contributed by atoms with E-state index in [0.29, 0.717) is 0 Å². The number of aliphatic hydroxyl groups excluding tert-OH is 4. The van der Waals surface area contributed by atoms with Crippen LogP contribution in [0.5, 0.6) is 0 Å². The molecule has 376 valence electrons. The molecule has 5 aromatic rings. The molecule has 6 unspecified atom stereocenters. The van der Waals surface area contributed by atoms with Crippen molar-refractivity contribution in [2.75, 3.05) is 24.3 Å². The zero-order valence-electron chi connectivity index (χ0n) is 35.9. The Bertz CT molecular complexity index is 3070. The monoisotopic (exact) mass is 1040 g/mol. The molecule has 36 heteroatoms.